The van der Waals surface area contributed by atoms with Gasteiger partial charge in [-0.25, -0.2) is 17.2 Å². The summed E-state index contributed by atoms with van der Waals surface area (Å²) in [6.07, 6.45) is 1.66. The Morgan fingerprint density at radius 3 is 2.53 bits per heavy atom. The lowest BCUT2D eigenvalue weighted by Gasteiger charge is -2.36. The number of aromatic nitrogens is 2. The maximum absolute atomic E-state index is 13.8. The van der Waals surface area contributed by atoms with Gasteiger partial charge in [-0.3, -0.25) is 9.89 Å². The van der Waals surface area contributed by atoms with Crippen LogP contribution in [0.25, 0.3) is 0 Å². The van der Waals surface area contributed by atoms with Crippen LogP contribution < -0.4 is 10.6 Å². The summed E-state index contributed by atoms with van der Waals surface area (Å²) >= 11 is 0. The fourth-order valence-electron chi connectivity index (χ4n) is 4.97. The van der Waals surface area contributed by atoms with Crippen molar-refractivity contribution in [1.29, 1.82) is 0 Å². The summed E-state index contributed by atoms with van der Waals surface area (Å²) in [5, 5.41) is 13.5. The zero-order valence-electron chi connectivity index (χ0n) is 21.1. The number of H-pyrrole nitrogens is 1. The molecule has 0 saturated carbocycles. The van der Waals surface area contributed by atoms with Gasteiger partial charge in [0, 0.05) is 60.8 Å². The molecule has 12 heteroatoms. The fourth-order valence-corrected chi connectivity index (χ4v) is 6.59. The third-order valence-electron chi connectivity index (χ3n) is 6.91. The van der Waals surface area contributed by atoms with E-state index in [1.807, 2.05) is 26.0 Å². The Hall–Kier alpha value is -3.35. The van der Waals surface area contributed by atoms with E-state index in [4.69, 9.17) is 4.74 Å². The molecule has 202 valence electrons. The third-order valence-corrected chi connectivity index (χ3v) is 8.68. The van der Waals surface area contributed by atoms with Crippen LogP contribution in [0.1, 0.15) is 48.3 Å². The number of carbonyl (C=O) groups excluding carboxylic acids is 1. The Kier molecular flexibility index (Phi) is 6.97. The maximum atomic E-state index is 13.8. The van der Waals surface area contributed by atoms with E-state index >= 15 is 0 Å². The lowest BCUT2D eigenvalue weighted by Crippen LogP contribution is -2.45. The molecule has 1 amide bonds. The van der Waals surface area contributed by atoms with Gasteiger partial charge in [-0.1, -0.05) is 26.0 Å². The Bertz CT molecular complexity index is 1450. The van der Waals surface area contributed by atoms with E-state index in [2.05, 4.69) is 20.8 Å². The minimum absolute atomic E-state index is 0.0495. The van der Waals surface area contributed by atoms with Crippen molar-refractivity contribution in [2.24, 2.45) is 0 Å². The number of amides is 1. The molecule has 3 N–H and O–H groups in total. The topological polar surface area (TPSA) is 116 Å². The second-order valence-electron chi connectivity index (χ2n) is 10.2. The van der Waals surface area contributed by atoms with Gasteiger partial charge in [-0.15, -0.1) is 0 Å². The molecule has 38 heavy (non-hydrogen) atoms. The molecular weight excluding hydrogens is 516 g/mol. The van der Waals surface area contributed by atoms with E-state index in [0.29, 0.717) is 41.8 Å². The number of hydrogen-bond donors (Lipinski definition) is 3. The predicted octanol–water partition coefficient (Wildman–Crippen LogP) is 4.01. The quantitative estimate of drug-likeness (QED) is 0.431. The van der Waals surface area contributed by atoms with Crippen molar-refractivity contribution < 1.29 is 26.7 Å². The molecule has 9 nitrogen and oxygen atoms in total. The van der Waals surface area contributed by atoms with Crippen molar-refractivity contribution in [3.8, 4) is 0 Å². The molecule has 0 aliphatic carbocycles. The molecule has 0 atom stereocenters. The molecule has 5 rings (SSSR count). The highest BCUT2D eigenvalue weighted by atomic mass is 32.2. The molecule has 0 unspecified atom stereocenters. The van der Waals surface area contributed by atoms with Gasteiger partial charge < -0.3 is 15.4 Å². The standard InChI is InChI=1S/C26H29F2N5O4S/c1-26(2)15-33(38(35,36)19-12-16(27)11-17(28)13-19)14-21-23(26)31-32-24(21)30-25(34)20-5-3-4-6-22(20)29-18-7-9-37-10-8-18/h3-6,11-13,18,29H,7-10,14-15H2,1-2H3,(H2,30,31,32,34). The molecule has 2 aromatic carbocycles. The molecule has 1 aromatic heterocycles. The second-order valence-corrected chi connectivity index (χ2v) is 12.2. The molecular formula is C26H29F2N5O4S. The predicted molar refractivity (Wildman–Crippen MR) is 137 cm³/mol. The zero-order valence-corrected chi connectivity index (χ0v) is 21.9. The van der Waals surface area contributed by atoms with Crippen LogP contribution in [0.15, 0.2) is 47.4 Å². The third kappa shape index (κ3) is 5.16. The number of fused-ring (bicyclic) bond motifs is 1. The van der Waals surface area contributed by atoms with E-state index < -0.39 is 37.9 Å². The maximum Gasteiger partial charge on any atom is 0.258 e. The van der Waals surface area contributed by atoms with Crippen LogP contribution in [-0.2, 0) is 26.7 Å². The molecule has 0 bridgehead atoms. The Balaban J connectivity index is 1.42. The van der Waals surface area contributed by atoms with E-state index in [1.54, 1.807) is 12.1 Å². The first-order valence-corrected chi connectivity index (χ1v) is 13.8. The summed E-state index contributed by atoms with van der Waals surface area (Å²) < 4.78 is 60.9. The molecule has 2 aliphatic heterocycles. The van der Waals surface area contributed by atoms with Gasteiger partial charge in [0.05, 0.1) is 10.5 Å². The first-order valence-electron chi connectivity index (χ1n) is 12.3. The van der Waals surface area contributed by atoms with Crippen LogP contribution >= 0.6 is 0 Å². The van der Waals surface area contributed by atoms with Crippen LogP contribution in [0.2, 0.25) is 0 Å². The molecule has 0 radical (unpaired) electrons. The van der Waals surface area contributed by atoms with Crippen LogP contribution in [-0.4, -0.2) is 54.6 Å². The monoisotopic (exact) mass is 545 g/mol. The molecule has 2 aliphatic rings. The summed E-state index contributed by atoms with van der Waals surface area (Å²) in [7, 11) is -4.24. The first kappa shape index (κ1) is 26.3. The summed E-state index contributed by atoms with van der Waals surface area (Å²) in [6, 6.07) is 9.53. The van der Waals surface area contributed by atoms with Gasteiger partial charge in [0.2, 0.25) is 10.0 Å². The first-order chi connectivity index (χ1) is 18.0. The average Bonchev–Trinajstić information content (AvgIpc) is 3.27. The number of para-hydroxylation sites is 1. The van der Waals surface area contributed by atoms with Gasteiger partial charge in [-0.2, -0.15) is 9.40 Å². The number of rotatable bonds is 6. The summed E-state index contributed by atoms with van der Waals surface area (Å²) in [6.45, 7) is 4.89. The van der Waals surface area contributed by atoms with E-state index in [1.165, 1.54) is 0 Å². The fraction of sp³-hybridized carbons (Fsp3) is 0.385. The number of benzene rings is 2. The SMILES string of the molecule is CC1(C)CN(S(=O)(=O)c2cc(F)cc(F)c2)Cc2c(NC(=O)c3ccccc3NC3CCOCC3)n[nH]c21. The lowest BCUT2D eigenvalue weighted by atomic mass is 9.84. The van der Waals surface area contributed by atoms with E-state index in [9.17, 15) is 22.0 Å². The number of carbonyl (C=O) groups is 1. The van der Waals surface area contributed by atoms with Crippen molar-refractivity contribution in [3.63, 3.8) is 0 Å². The van der Waals surface area contributed by atoms with E-state index in [-0.39, 0.29) is 24.9 Å². The van der Waals surface area contributed by atoms with Crippen molar-refractivity contribution in [2.75, 3.05) is 30.4 Å². The average molecular weight is 546 g/mol. The molecule has 1 fully saturated rings. The van der Waals surface area contributed by atoms with Crippen LogP contribution in [0.4, 0.5) is 20.3 Å². The number of sulfonamides is 1. The van der Waals surface area contributed by atoms with E-state index in [0.717, 1.165) is 29.3 Å². The Morgan fingerprint density at radius 2 is 1.82 bits per heavy atom. The number of hydrogen-bond acceptors (Lipinski definition) is 6. The van der Waals surface area contributed by atoms with Crippen molar-refractivity contribution in [1.82, 2.24) is 14.5 Å². The zero-order chi connectivity index (χ0) is 27.1. The van der Waals surface area contributed by atoms with Crippen LogP contribution in [0.3, 0.4) is 0 Å². The van der Waals surface area contributed by atoms with Gasteiger partial charge in [0.1, 0.15) is 11.6 Å². The molecule has 3 aromatic rings. The minimum atomic E-state index is -4.24. The minimum Gasteiger partial charge on any atom is -0.381 e. The van der Waals surface area contributed by atoms with Gasteiger partial charge in [0.15, 0.2) is 5.82 Å². The number of halogens is 2. The normalized spacial score (nSPS) is 18.1. The highest BCUT2D eigenvalue weighted by Crippen LogP contribution is 2.38. The number of nitrogens with zero attached hydrogens (tertiary/aromatic N) is 2. The lowest BCUT2D eigenvalue weighted by molar-refractivity contribution is 0.0904. The Morgan fingerprint density at radius 1 is 1.13 bits per heavy atom. The number of ether oxygens (including phenoxy) is 1. The summed E-state index contributed by atoms with van der Waals surface area (Å²) in [5.74, 6) is -2.17. The highest BCUT2D eigenvalue weighted by Gasteiger charge is 2.41. The number of anilines is 2. The summed E-state index contributed by atoms with van der Waals surface area (Å²) in [5.41, 5.74) is 1.55. The smallest absolute Gasteiger partial charge is 0.258 e. The largest absolute Gasteiger partial charge is 0.381 e. The Labute approximate surface area is 219 Å². The van der Waals surface area contributed by atoms with Crippen LogP contribution in [0.5, 0.6) is 0 Å². The molecule has 3 heterocycles. The highest BCUT2D eigenvalue weighted by molar-refractivity contribution is 7.89. The molecule has 0 spiro atoms. The number of aromatic amines is 1. The van der Waals surface area contributed by atoms with Gasteiger partial charge in [-0.05, 0) is 37.1 Å². The number of nitrogens with one attached hydrogen (secondary N) is 3. The second kappa shape index (κ2) is 10.1. The van der Waals surface area contributed by atoms with Crippen molar-refractivity contribution in [2.45, 2.75) is 49.6 Å². The van der Waals surface area contributed by atoms with Gasteiger partial charge >= 0.3 is 0 Å². The summed E-state index contributed by atoms with van der Waals surface area (Å²) in [4.78, 5) is 12.9. The van der Waals surface area contributed by atoms with Gasteiger partial charge in [0.25, 0.3) is 5.91 Å². The molecule has 1 saturated heterocycles. The van der Waals surface area contributed by atoms with Crippen molar-refractivity contribution >= 4 is 27.4 Å². The van der Waals surface area contributed by atoms with Crippen LogP contribution in [0, 0.1) is 11.6 Å². The van der Waals surface area contributed by atoms with Crippen molar-refractivity contribution in [3.05, 3.63) is 70.9 Å².